The molecule has 16 heavy (non-hydrogen) atoms. The number of aromatic nitrogens is 2. The third kappa shape index (κ3) is 4.06. The van der Waals surface area contributed by atoms with Crippen LogP contribution in [0.3, 0.4) is 0 Å². The molecule has 1 heterocycles. The molecule has 0 aromatic carbocycles. The zero-order valence-corrected chi connectivity index (χ0v) is 9.65. The molecule has 1 unspecified atom stereocenters. The monoisotopic (exact) mass is 245 g/mol. The van der Waals surface area contributed by atoms with Gasteiger partial charge in [0.25, 0.3) is 0 Å². The fourth-order valence-electron chi connectivity index (χ4n) is 1.13. The Morgan fingerprint density at radius 3 is 3.00 bits per heavy atom. The van der Waals surface area contributed by atoms with Crippen LogP contribution in [0, 0.1) is 0 Å². The summed E-state index contributed by atoms with van der Waals surface area (Å²) in [5.74, 6) is 0.0316. The van der Waals surface area contributed by atoms with Gasteiger partial charge in [0.15, 0.2) is 5.82 Å². The zero-order chi connectivity index (χ0) is 12.0. The molecular weight excluding hydrogens is 233 g/mol. The van der Waals surface area contributed by atoms with Crippen LogP contribution in [0.4, 0.5) is 5.82 Å². The van der Waals surface area contributed by atoms with Crippen molar-refractivity contribution >= 4 is 14.0 Å². The van der Waals surface area contributed by atoms with E-state index in [1.807, 2.05) is 5.09 Å². The third-order valence-corrected chi connectivity index (χ3v) is 2.24. The number of rotatable bonds is 6. The lowest BCUT2D eigenvalue weighted by Gasteiger charge is -2.04. The van der Waals surface area contributed by atoms with Crippen molar-refractivity contribution in [2.75, 3.05) is 18.8 Å². The highest BCUT2D eigenvalue weighted by atomic mass is 31.1. The second-order valence-corrected chi connectivity index (χ2v) is 3.74. The normalized spacial score (nSPS) is 11.2. The molecule has 1 aromatic rings. The van der Waals surface area contributed by atoms with E-state index in [9.17, 15) is 14.3 Å². The number of anilines is 1. The predicted molar refractivity (Wildman–Crippen MR) is 56.2 cm³/mol. The van der Waals surface area contributed by atoms with Crippen LogP contribution in [-0.2, 0) is 15.8 Å². The molecular formula is C8H12N3O4P. The number of hydrogen-bond donors (Lipinski definition) is 1. The summed E-state index contributed by atoms with van der Waals surface area (Å²) in [6, 6.07) is 1.43. The maximum Gasteiger partial charge on any atom is 0.439 e. The summed E-state index contributed by atoms with van der Waals surface area (Å²) >= 11 is 0. The van der Waals surface area contributed by atoms with Crippen molar-refractivity contribution in [1.29, 1.82) is 0 Å². The minimum atomic E-state index is -2.79. The predicted octanol–water partition coefficient (Wildman–Crippen LogP) is -0.291. The summed E-state index contributed by atoms with van der Waals surface area (Å²) in [4.78, 5) is 25.3. The van der Waals surface area contributed by atoms with Crippen LogP contribution >= 0.6 is 8.18 Å². The van der Waals surface area contributed by atoms with Crippen molar-refractivity contribution in [3.8, 4) is 0 Å². The molecule has 7 nitrogen and oxygen atoms in total. The van der Waals surface area contributed by atoms with E-state index in [2.05, 4.69) is 4.98 Å². The van der Waals surface area contributed by atoms with E-state index in [1.54, 1.807) is 7.11 Å². The first-order valence-electron chi connectivity index (χ1n) is 4.61. The maximum atomic E-state index is 11.4. The molecule has 0 radical (unpaired) electrons. The van der Waals surface area contributed by atoms with Crippen LogP contribution < -0.4 is 15.7 Å². The van der Waals surface area contributed by atoms with Crippen molar-refractivity contribution in [3.63, 3.8) is 0 Å². The Balaban J connectivity index is 2.68. The molecule has 0 aliphatic rings. The molecule has 1 aromatic heterocycles. The minimum absolute atomic E-state index is 0.0316. The first-order chi connectivity index (χ1) is 7.63. The zero-order valence-electron chi connectivity index (χ0n) is 8.75. The van der Waals surface area contributed by atoms with Gasteiger partial charge < -0.3 is 9.63 Å². The lowest BCUT2D eigenvalue weighted by molar-refractivity contribution is -0.162. The first-order valence-corrected chi connectivity index (χ1v) is 5.78. The Hall–Kier alpha value is -1.30. The fourth-order valence-corrected chi connectivity index (χ4v) is 1.45. The van der Waals surface area contributed by atoms with Gasteiger partial charge in [-0.1, -0.05) is 0 Å². The average molecular weight is 245 g/mol. The van der Waals surface area contributed by atoms with E-state index < -0.39 is 13.9 Å². The van der Waals surface area contributed by atoms with Crippen LogP contribution in [0.25, 0.3) is 0 Å². The van der Waals surface area contributed by atoms with Crippen LogP contribution in [-0.4, -0.2) is 23.3 Å². The van der Waals surface area contributed by atoms with E-state index in [1.165, 1.54) is 16.8 Å². The molecule has 1 atom stereocenters. The smallest absolute Gasteiger partial charge is 0.439 e. The standard InChI is InChI=1S/C8H12N3O4P/c1-15-6-2-4-11-5-3-7(9-8(11)12)10-16(13)14/h3,5H,2,4,6H2,1H3,(H,9,10,12,13,14). The molecule has 0 aliphatic heterocycles. The Morgan fingerprint density at radius 2 is 2.44 bits per heavy atom. The van der Waals surface area contributed by atoms with E-state index in [-0.39, 0.29) is 5.82 Å². The van der Waals surface area contributed by atoms with Gasteiger partial charge in [0.05, 0.1) is 0 Å². The van der Waals surface area contributed by atoms with E-state index in [0.29, 0.717) is 19.6 Å². The van der Waals surface area contributed by atoms with Crippen molar-refractivity contribution < 1.29 is 14.2 Å². The van der Waals surface area contributed by atoms with Crippen LogP contribution in [0.5, 0.6) is 0 Å². The Kier molecular flexibility index (Phi) is 5.04. The third-order valence-electron chi connectivity index (χ3n) is 1.83. The van der Waals surface area contributed by atoms with Gasteiger partial charge in [-0.15, -0.1) is 0 Å². The minimum Gasteiger partial charge on any atom is -0.573 e. The lowest BCUT2D eigenvalue weighted by atomic mass is 10.4. The van der Waals surface area contributed by atoms with Gasteiger partial charge in [0, 0.05) is 32.5 Å². The summed E-state index contributed by atoms with van der Waals surface area (Å²) in [5.41, 5.74) is -0.488. The number of aryl methyl sites for hydroxylation is 1. The van der Waals surface area contributed by atoms with Gasteiger partial charge in [-0.2, -0.15) is 10.1 Å². The fraction of sp³-hybridized carbons (Fsp3) is 0.500. The van der Waals surface area contributed by atoms with Gasteiger partial charge in [-0.25, -0.2) is 4.79 Å². The quantitative estimate of drug-likeness (QED) is 0.546. The number of nitrogens with one attached hydrogen (secondary N) is 1. The van der Waals surface area contributed by atoms with Gasteiger partial charge >= 0.3 is 13.9 Å². The Bertz CT molecular complexity index is 420. The van der Waals surface area contributed by atoms with Gasteiger partial charge in [0.2, 0.25) is 0 Å². The maximum absolute atomic E-state index is 11.4. The largest absolute Gasteiger partial charge is 0.573 e. The second kappa shape index (κ2) is 6.32. The van der Waals surface area contributed by atoms with E-state index >= 15 is 0 Å². The highest BCUT2D eigenvalue weighted by Crippen LogP contribution is 2.10. The van der Waals surface area contributed by atoms with Gasteiger partial charge in [0.1, 0.15) is 0 Å². The molecule has 1 N–H and O–H groups in total. The van der Waals surface area contributed by atoms with Crippen LogP contribution in [0.15, 0.2) is 17.1 Å². The topological polar surface area (TPSA) is 96.3 Å². The molecule has 0 bridgehead atoms. The molecule has 0 amide bonds. The van der Waals surface area contributed by atoms with Crippen LogP contribution in [0.1, 0.15) is 6.42 Å². The van der Waals surface area contributed by atoms with E-state index in [4.69, 9.17) is 4.74 Å². The summed E-state index contributed by atoms with van der Waals surface area (Å²) in [7, 11) is -1.21. The molecule has 8 heteroatoms. The number of nitrogens with zero attached hydrogens (tertiary/aromatic N) is 2. The lowest BCUT2D eigenvalue weighted by Crippen LogP contribution is -2.23. The molecule has 0 spiro atoms. The molecule has 88 valence electrons. The Labute approximate surface area is 93.0 Å². The van der Waals surface area contributed by atoms with Crippen molar-refractivity contribution in [2.45, 2.75) is 13.0 Å². The highest BCUT2D eigenvalue weighted by molar-refractivity contribution is 7.38. The molecule has 1 rings (SSSR count). The van der Waals surface area contributed by atoms with Gasteiger partial charge in [-0.05, 0) is 11.0 Å². The SMILES string of the molecule is COCCCn1ccc(N[P+](=O)[O-])nc1=O. The summed E-state index contributed by atoms with van der Waals surface area (Å²) < 4.78 is 16.6. The van der Waals surface area contributed by atoms with Crippen molar-refractivity contribution in [3.05, 3.63) is 22.7 Å². The molecule has 0 saturated carbocycles. The summed E-state index contributed by atoms with van der Waals surface area (Å²) in [5, 5.41) is 2.04. The molecule has 0 saturated heterocycles. The summed E-state index contributed by atoms with van der Waals surface area (Å²) in [6.07, 6.45) is 2.19. The van der Waals surface area contributed by atoms with Crippen molar-refractivity contribution in [1.82, 2.24) is 9.55 Å². The highest BCUT2D eigenvalue weighted by Gasteiger charge is 2.04. The molecule has 0 aliphatic carbocycles. The number of ether oxygens (including phenoxy) is 1. The number of methoxy groups -OCH3 is 1. The second-order valence-electron chi connectivity index (χ2n) is 3.00. The van der Waals surface area contributed by atoms with Crippen LogP contribution in [0.2, 0.25) is 0 Å². The molecule has 0 fully saturated rings. The van der Waals surface area contributed by atoms with Gasteiger partial charge in [-0.3, -0.25) is 4.57 Å². The number of hydrogen-bond acceptors (Lipinski definition) is 5. The summed E-state index contributed by atoms with van der Waals surface area (Å²) in [6.45, 7) is 1.04. The average Bonchev–Trinajstić information content (AvgIpc) is 2.20. The first kappa shape index (κ1) is 12.8. The Morgan fingerprint density at radius 1 is 1.69 bits per heavy atom. The van der Waals surface area contributed by atoms with Crippen molar-refractivity contribution in [2.24, 2.45) is 0 Å². The van der Waals surface area contributed by atoms with E-state index in [0.717, 1.165) is 0 Å².